The Morgan fingerprint density at radius 1 is 1.47 bits per heavy atom. The molecule has 0 radical (unpaired) electrons. The molecule has 1 aliphatic rings. The quantitative estimate of drug-likeness (QED) is 0.707. The summed E-state index contributed by atoms with van der Waals surface area (Å²) in [4.78, 5) is 11.4. The van der Waals surface area contributed by atoms with Crippen molar-refractivity contribution in [2.45, 2.75) is 19.1 Å². The summed E-state index contributed by atoms with van der Waals surface area (Å²) in [5, 5.41) is 3.20. The van der Waals surface area contributed by atoms with Gasteiger partial charge in [0.05, 0.1) is 18.8 Å². The minimum atomic E-state index is -0.579. The molecule has 0 fully saturated rings. The number of nitrogens with one attached hydrogen (secondary N) is 1. The van der Waals surface area contributed by atoms with Gasteiger partial charge in [0.1, 0.15) is 5.75 Å². The molecule has 15 heavy (non-hydrogen) atoms. The van der Waals surface area contributed by atoms with Crippen LogP contribution in [0.25, 0.3) is 0 Å². The molecule has 2 atom stereocenters. The average Bonchev–Trinajstić information content (AvgIpc) is 2.27. The van der Waals surface area contributed by atoms with Crippen LogP contribution >= 0.6 is 0 Å². The first-order valence-electron chi connectivity index (χ1n) is 4.82. The van der Waals surface area contributed by atoms with Crippen LogP contribution in [0.2, 0.25) is 0 Å². The van der Waals surface area contributed by atoms with E-state index >= 15 is 0 Å². The second kappa shape index (κ2) is 3.81. The zero-order chi connectivity index (χ0) is 10.8. The molecule has 0 saturated carbocycles. The molecule has 4 nitrogen and oxygen atoms in total. The summed E-state index contributed by atoms with van der Waals surface area (Å²) in [7, 11) is 1.36. The van der Waals surface area contributed by atoms with E-state index in [2.05, 4.69) is 10.1 Å². The van der Waals surface area contributed by atoms with Gasteiger partial charge in [0, 0.05) is 0 Å². The molecule has 0 aromatic heterocycles. The third kappa shape index (κ3) is 1.75. The van der Waals surface area contributed by atoms with Gasteiger partial charge in [-0.25, -0.2) is 4.79 Å². The predicted molar refractivity (Wildman–Crippen MR) is 56.0 cm³/mol. The second-order valence-electron chi connectivity index (χ2n) is 3.49. The van der Waals surface area contributed by atoms with Crippen molar-refractivity contribution in [2.75, 3.05) is 12.4 Å². The normalized spacial score (nSPS) is 23.3. The SMILES string of the molecule is COC(=O)C1Oc2ccccc2NC1C. The van der Waals surface area contributed by atoms with Crippen molar-refractivity contribution in [1.82, 2.24) is 0 Å². The van der Waals surface area contributed by atoms with E-state index < -0.39 is 6.10 Å². The predicted octanol–water partition coefficient (Wildman–Crippen LogP) is 1.42. The van der Waals surface area contributed by atoms with Gasteiger partial charge in [-0.3, -0.25) is 0 Å². The number of para-hydroxylation sites is 2. The van der Waals surface area contributed by atoms with Crippen LogP contribution in [0.3, 0.4) is 0 Å². The van der Waals surface area contributed by atoms with Crippen LogP contribution in [-0.4, -0.2) is 25.2 Å². The fourth-order valence-electron chi connectivity index (χ4n) is 1.62. The van der Waals surface area contributed by atoms with E-state index in [1.54, 1.807) is 0 Å². The van der Waals surface area contributed by atoms with E-state index in [1.807, 2.05) is 31.2 Å². The molecular formula is C11H13NO3. The minimum Gasteiger partial charge on any atom is -0.474 e. The summed E-state index contributed by atoms with van der Waals surface area (Å²) >= 11 is 0. The molecule has 4 heteroatoms. The lowest BCUT2D eigenvalue weighted by atomic mass is 10.1. The Morgan fingerprint density at radius 2 is 2.20 bits per heavy atom. The number of carbonyl (C=O) groups excluding carboxylic acids is 1. The maximum atomic E-state index is 11.4. The van der Waals surface area contributed by atoms with E-state index in [0.717, 1.165) is 5.69 Å². The number of ether oxygens (including phenoxy) is 2. The number of rotatable bonds is 1. The van der Waals surface area contributed by atoms with Crippen molar-refractivity contribution in [2.24, 2.45) is 0 Å². The molecule has 1 aromatic rings. The van der Waals surface area contributed by atoms with Gasteiger partial charge in [-0.2, -0.15) is 0 Å². The highest BCUT2D eigenvalue weighted by atomic mass is 16.6. The van der Waals surface area contributed by atoms with Gasteiger partial charge < -0.3 is 14.8 Å². The van der Waals surface area contributed by atoms with Gasteiger partial charge in [0.15, 0.2) is 0 Å². The van der Waals surface area contributed by atoms with Gasteiger partial charge >= 0.3 is 5.97 Å². The van der Waals surface area contributed by atoms with E-state index in [4.69, 9.17) is 4.74 Å². The monoisotopic (exact) mass is 207 g/mol. The number of carbonyl (C=O) groups is 1. The third-order valence-corrected chi connectivity index (χ3v) is 2.41. The molecule has 80 valence electrons. The van der Waals surface area contributed by atoms with Crippen LogP contribution in [0.4, 0.5) is 5.69 Å². The number of fused-ring (bicyclic) bond motifs is 1. The smallest absolute Gasteiger partial charge is 0.349 e. The summed E-state index contributed by atoms with van der Waals surface area (Å²) in [5.41, 5.74) is 0.908. The zero-order valence-electron chi connectivity index (χ0n) is 8.69. The minimum absolute atomic E-state index is 0.0904. The van der Waals surface area contributed by atoms with Crippen LogP contribution in [0.15, 0.2) is 24.3 Å². The first kappa shape index (κ1) is 9.83. The Morgan fingerprint density at radius 3 is 2.93 bits per heavy atom. The molecule has 0 saturated heterocycles. The van der Waals surface area contributed by atoms with Crippen molar-refractivity contribution in [3.05, 3.63) is 24.3 Å². The summed E-state index contributed by atoms with van der Waals surface area (Å²) in [6.07, 6.45) is -0.579. The van der Waals surface area contributed by atoms with Crippen molar-refractivity contribution in [3.8, 4) is 5.75 Å². The highest BCUT2D eigenvalue weighted by Gasteiger charge is 2.32. The average molecular weight is 207 g/mol. The fourth-order valence-corrected chi connectivity index (χ4v) is 1.62. The van der Waals surface area contributed by atoms with Crippen LogP contribution in [0.1, 0.15) is 6.92 Å². The topological polar surface area (TPSA) is 47.6 Å². The molecule has 2 rings (SSSR count). The Labute approximate surface area is 88.2 Å². The summed E-state index contributed by atoms with van der Waals surface area (Å²) < 4.78 is 10.2. The lowest BCUT2D eigenvalue weighted by molar-refractivity contribution is -0.149. The maximum absolute atomic E-state index is 11.4. The summed E-state index contributed by atoms with van der Waals surface area (Å²) in [6.45, 7) is 1.89. The Hall–Kier alpha value is -1.71. The highest BCUT2D eigenvalue weighted by molar-refractivity contribution is 5.78. The Bertz CT molecular complexity index is 378. The van der Waals surface area contributed by atoms with Crippen LogP contribution in [-0.2, 0) is 9.53 Å². The second-order valence-corrected chi connectivity index (χ2v) is 3.49. The fraction of sp³-hybridized carbons (Fsp3) is 0.364. The lowest BCUT2D eigenvalue weighted by Gasteiger charge is -2.30. The number of benzene rings is 1. The van der Waals surface area contributed by atoms with Gasteiger partial charge in [0.25, 0.3) is 0 Å². The molecule has 0 aliphatic carbocycles. The molecule has 1 N–H and O–H groups in total. The number of esters is 1. The molecule has 2 unspecified atom stereocenters. The summed E-state index contributed by atoms with van der Waals surface area (Å²) in [5.74, 6) is 0.329. The Balaban J connectivity index is 2.25. The Kier molecular flexibility index (Phi) is 2.49. The van der Waals surface area contributed by atoms with Crippen LogP contribution in [0.5, 0.6) is 5.75 Å². The van der Waals surface area contributed by atoms with E-state index in [1.165, 1.54) is 7.11 Å². The first-order chi connectivity index (χ1) is 7.22. The standard InChI is InChI=1S/C11H13NO3/c1-7-10(11(13)14-2)15-9-6-4-3-5-8(9)12-7/h3-7,10,12H,1-2H3. The van der Waals surface area contributed by atoms with Crippen molar-refractivity contribution in [3.63, 3.8) is 0 Å². The molecule has 1 aromatic carbocycles. The van der Waals surface area contributed by atoms with Gasteiger partial charge in [0.2, 0.25) is 6.10 Å². The van der Waals surface area contributed by atoms with Gasteiger partial charge in [-0.05, 0) is 19.1 Å². The number of anilines is 1. The molecule has 0 bridgehead atoms. The van der Waals surface area contributed by atoms with E-state index in [0.29, 0.717) is 5.75 Å². The molecular weight excluding hydrogens is 194 g/mol. The number of hydrogen-bond donors (Lipinski definition) is 1. The van der Waals surface area contributed by atoms with Crippen molar-refractivity contribution in [1.29, 1.82) is 0 Å². The van der Waals surface area contributed by atoms with Crippen molar-refractivity contribution >= 4 is 11.7 Å². The highest BCUT2D eigenvalue weighted by Crippen LogP contribution is 2.30. The number of methoxy groups -OCH3 is 1. The summed E-state index contributed by atoms with van der Waals surface area (Å²) in [6, 6.07) is 7.43. The van der Waals surface area contributed by atoms with Gasteiger partial charge in [-0.15, -0.1) is 0 Å². The molecule has 1 heterocycles. The first-order valence-corrected chi connectivity index (χ1v) is 4.82. The molecule has 0 spiro atoms. The van der Waals surface area contributed by atoms with Crippen molar-refractivity contribution < 1.29 is 14.3 Å². The van der Waals surface area contributed by atoms with E-state index in [9.17, 15) is 4.79 Å². The maximum Gasteiger partial charge on any atom is 0.349 e. The largest absolute Gasteiger partial charge is 0.474 e. The molecule has 1 aliphatic heterocycles. The van der Waals surface area contributed by atoms with Crippen LogP contribution in [0, 0.1) is 0 Å². The number of hydrogen-bond acceptors (Lipinski definition) is 4. The third-order valence-electron chi connectivity index (χ3n) is 2.41. The lowest BCUT2D eigenvalue weighted by Crippen LogP contribution is -2.45. The van der Waals surface area contributed by atoms with E-state index in [-0.39, 0.29) is 12.0 Å². The zero-order valence-corrected chi connectivity index (χ0v) is 8.69. The van der Waals surface area contributed by atoms with Crippen LogP contribution < -0.4 is 10.1 Å². The van der Waals surface area contributed by atoms with Gasteiger partial charge in [-0.1, -0.05) is 12.1 Å². The molecule has 0 amide bonds.